The Morgan fingerprint density at radius 3 is 2.50 bits per heavy atom. The molecule has 0 aromatic rings. The number of rotatable bonds is 3. The third-order valence-corrected chi connectivity index (χ3v) is 1.88. The van der Waals surface area contributed by atoms with E-state index in [-0.39, 0.29) is 18.2 Å². The minimum Gasteiger partial charge on any atom is -0.469 e. The van der Waals surface area contributed by atoms with E-state index in [9.17, 15) is 4.79 Å². The molecule has 12 heavy (non-hydrogen) atoms. The Hall–Kier alpha value is -0.610. The number of ether oxygens (including phenoxy) is 2. The molecule has 3 N–H and O–H groups in total. The average Bonchev–Trinajstić information content (AvgIpc) is 2.69. The van der Waals surface area contributed by atoms with Crippen molar-refractivity contribution in [1.82, 2.24) is 6.15 Å². The average molecular weight is 175 g/mol. The minimum atomic E-state index is -0.393. The van der Waals surface area contributed by atoms with Crippen LogP contribution in [0.2, 0.25) is 0 Å². The number of hydrogen-bond acceptors (Lipinski definition) is 4. The van der Waals surface area contributed by atoms with E-state index in [0.29, 0.717) is 0 Å². The summed E-state index contributed by atoms with van der Waals surface area (Å²) in [5.41, 5.74) is -0.393. The van der Waals surface area contributed by atoms with Crippen molar-refractivity contribution in [1.29, 1.82) is 0 Å². The van der Waals surface area contributed by atoms with Crippen molar-refractivity contribution < 1.29 is 14.3 Å². The highest BCUT2D eigenvalue weighted by Crippen LogP contribution is 2.29. The Morgan fingerprint density at radius 2 is 2.17 bits per heavy atom. The molecular weight excluding hydrogens is 158 g/mol. The van der Waals surface area contributed by atoms with Crippen LogP contribution in [0.25, 0.3) is 0 Å². The fourth-order valence-corrected chi connectivity index (χ4v) is 1.11. The van der Waals surface area contributed by atoms with E-state index in [0.717, 1.165) is 13.0 Å². The zero-order chi connectivity index (χ0) is 8.48. The van der Waals surface area contributed by atoms with Crippen LogP contribution in [0.1, 0.15) is 20.3 Å². The molecule has 4 nitrogen and oxygen atoms in total. The Labute approximate surface area is 72.8 Å². The standard InChI is InChI=1S/C8H14O3.H3N/c1-8(2,7(9)10-3)4-6-5-11-6;/h6H,4-5H2,1-3H3;1H3. The van der Waals surface area contributed by atoms with Crippen molar-refractivity contribution in [3.8, 4) is 0 Å². The Bertz CT molecular complexity index is 164. The number of carbonyl (C=O) groups is 1. The van der Waals surface area contributed by atoms with Gasteiger partial charge in [-0.2, -0.15) is 0 Å². The lowest BCUT2D eigenvalue weighted by atomic mass is 9.88. The molecule has 0 radical (unpaired) electrons. The molecule has 0 aliphatic carbocycles. The summed E-state index contributed by atoms with van der Waals surface area (Å²) in [7, 11) is 1.41. The van der Waals surface area contributed by atoms with Gasteiger partial charge in [0.25, 0.3) is 0 Å². The first-order valence-electron chi connectivity index (χ1n) is 3.76. The maximum atomic E-state index is 11.1. The summed E-state index contributed by atoms with van der Waals surface area (Å²) in [4.78, 5) is 11.1. The number of hydrogen-bond donors (Lipinski definition) is 1. The van der Waals surface area contributed by atoms with Crippen LogP contribution >= 0.6 is 0 Å². The first kappa shape index (κ1) is 11.4. The van der Waals surface area contributed by atoms with Crippen molar-refractivity contribution >= 4 is 5.97 Å². The van der Waals surface area contributed by atoms with E-state index in [2.05, 4.69) is 4.74 Å². The normalized spacial score (nSPS) is 21.1. The van der Waals surface area contributed by atoms with Crippen molar-refractivity contribution in [3.63, 3.8) is 0 Å². The van der Waals surface area contributed by atoms with Crippen molar-refractivity contribution in [2.75, 3.05) is 13.7 Å². The number of epoxide rings is 1. The summed E-state index contributed by atoms with van der Waals surface area (Å²) in [6.45, 7) is 4.54. The molecule has 1 saturated heterocycles. The molecule has 0 saturated carbocycles. The van der Waals surface area contributed by atoms with Crippen LogP contribution in [0, 0.1) is 5.41 Å². The lowest BCUT2D eigenvalue weighted by Gasteiger charge is -2.19. The Morgan fingerprint density at radius 1 is 1.67 bits per heavy atom. The predicted octanol–water partition coefficient (Wildman–Crippen LogP) is 1.14. The Kier molecular flexibility index (Phi) is 3.67. The lowest BCUT2D eigenvalue weighted by Crippen LogP contribution is -2.27. The third-order valence-electron chi connectivity index (χ3n) is 1.88. The van der Waals surface area contributed by atoms with Crippen LogP contribution in [-0.2, 0) is 14.3 Å². The van der Waals surface area contributed by atoms with Crippen LogP contribution in [0.15, 0.2) is 0 Å². The fourth-order valence-electron chi connectivity index (χ4n) is 1.11. The summed E-state index contributed by atoms with van der Waals surface area (Å²) in [6.07, 6.45) is 1.05. The molecule has 1 atom stereocenters. The van der Waals surface area contributed by atoms with E-state index in [1.54, 1.807) is 0 Å². The second kappa shape index (κ2) is 3.87. The SMILES string of the molecule is COC(=O)C(C)(C)CC1CO1.N. The van der Waals surface area contributed by atoms with Gasteiger partial charge < -0.3 is 15.6 Å². The lowest BCUT2D eigenvalue weighted by molar-refractivity contribution is -0.151. The smallest absolute Gasteiger partial charge is 0.311 e. The van der Waals surface area contributed by atoms with Gasteiger partial charge in [-0.1, -0.05) is 0 Å². The highest BCUT2D eigenvalue weighted by atomic mass is 16.6. The molecule has 1 heterocycles. The van der Waals surface area contributed by atoms with E-state index in [1.807, 2.05) is 13.8 Å². The predicted molar refractivity (Wildman–Crippen MR) is 45.2 cm³/mol. The molecule has 72 valence electrons. The van der Waals surface area contributed by atoms with E-state index >= 15 is 0 Å². The van der Waals surface area contributed by atoms with Crippen LogP contribution in [-0.4, -0.2) is 25.8 Å². The zero-order valence-electron chi connectivity index (χ0n) is 7.92. The molecule has 4 heteroatoms. The molecule has 1 aliphatic rings. The second-order valence-electron chi connectivity index (χ2n) is 3.53. The molecule has 1 fully saturated rings. The molecule has 1 unspecified atom stereocenters. The topological polar surface area (TPSA) is 73.8 Å². The van der Waals surface area contributed by atoms with Gasteiger partial charge in [-0.15, -0.1) is 0 Å². The van der Waals surface area contributed by atoms with Crippen molar-refractivity contribution in [2.45, 2.75) is 26.4 Å². The molecule has 1 rings (SSSR count). The molecule has 0 bridgehead atoms. The number of esters is 1. The quantitative estimate of drug-likeness (QED) is 0.515. The van der Waals surface area contributed by atoms with Crippen LogP contribution in [0.3, 0.4) is 0 Å². The highest BCUT2D eigenvalue weighted by Gasteiger charge is 2.36. The fraction of sp³-hybridized carbons (Fsp3) is 0.875. The maximum absolute atomic E-state index is 11.1. The van der Waals surface area contributed by atoms with Gasteiger partial charge in [-0.3, -0.25) is 4.79 Å². The largest absolute Gasteiger partial charge is 0.469 e. The van der Waals surface area contributed by atoms with E-state index in [4.69, 9.17) is 4.74 Å². The second-order valence-corrected chi connectivity index (χ2v) is 3.53. The van der Waals surface area contributed by atoms with Crippen LogP contribution in [0.4, 0.5) is 0 Å². The minimum absolute atomic E-state index is 0. The molecule has 0 aromatic heterocycles. The summed E-state index contributed by atoms with van der Waals surface area (Å²) in [5, 5.41) is 0. The Balaban J connectivity index is 0.00000121. The summed E-state index contributed by atoms with van der Waals surface area (Å²) < 4.78 is 9.68. The highest BCUT2D eigenvalue weighted by molar-refractivity contribution is 5.75. The van der Waals surface area contributed by atoms with Crippen LogP contribution in [0.5, 0.6) is 0 Å². The van der Waals surface area contributed by atoms with Crippen LogP contribution < -0.4 is 6.15 Å². The van der Waals surface area contributed by atoms with Gasteiger partial charge in [0.2, 0.25) is 0 Å². The first-order valence-corrected chi connectivity index (χ1v) is 3.76. The molecular formula is C8H17NO3. The zero-order valence-corrected chi connectivity index (χ0v) is 7.92. The van der Waals surface area contributed by atoms with Gasteiger partial charge >= 0.3 is 5.97 Å². The van der Waals surface area contributed by atoms with Gasteiger partial charge in [0.1, 0.15) is 0 Å². The van der Waals surface area contributed by atoms with Crippen molar-refractivity contribution in [2.24, 2.45) is 5.41 Å². The van der Waals surface area contributed by atoms with Gasteiger partial charge in [0.05, 0.1) is 25.2 Å². The van der Waals surface area contributed by atoms with Gasteiger partial charge in [-0.05, 0) is 20.3 Å². The maximum Gasteiger partial charge on any atom is 0.311 e. The van der Waals surface area contributed by atoms with Gasteiger partial charge in [-0.25, -0.2) is 0 Å². The summed E-state index contributed by atoms with van der Waals surface area (Å²) >= 11 is 0. The van der Waals surface area contributed by atoms with Gasteiger partial charge in [0, 0.05) is 0 Å². The molecule has 0 amide bonds. The first-order chi connectivity index (χ1) is 5.06. The third kappa shape index (κ3) is 2.79. The van der Waals surface area contributed by atoms with E-state index in [1.165, 1.54) is 7.11 Å². The monoisotopic (exact) mass is 175 g/mol. The van der Waals surface area contributed by atoms with E-state index < -0.39 is 5.41 Å². The molecule has 0 aromatic carbocycles. The van der Waals surface area contributed by atoms with Crippen molar-refractivity contribution in [3.05, 3.63) is 0 Å². The summed E-state index contributed by atoms with van der Waals surface area (Å²) in [5.74, 6) is -0.159. The number of methoxy groups -OCH3 is 1. The molecule has 1 aliphatic heterocycles. The number of carbonyl (C=O) groups excluding carboxylic acids is 1. The molecule has 0 spiro atoms. The summed E-state index contributed by atoms with van der Waals surface area (Å²) in [6, 6.07) is 0. The van der Waals surface area contributed by atoms with Gasteiger partial charge in [0.15, 0.2) is 0 Å².